The molecule has 2 N–H and O–H groups in total. The topological polar surface area (TPSA) is 83.5 Å². The molecular formula is C13H12FNO4S2. The molecule has 1 atom stereocenters. The second kappa shape index (κ2) is 5.92. The lowest BCUT2D eigenvalue weighted by molar-refractivity contribution is 0.0691. The van der Waals surface area contributed by atoms with Crippen LogP contribution in [0.1, 0.15) is 28.9 Å². The van der Waals surface area contributed by atoms with Crippen molar-refractivity contribution in [3.63, 3.8) is 0 Å². The average Bonchev–Trinajstić information content (AvgIpc) is 2.92. The molecule has 21 heavy (non-hydrogen) atoms. The van der Waals surface area contributed by atoms with Crippen molar-refractivity contribution in [2.24, 2.45) is 0 Å². The van der Waals surface area contributed by atoms with Crippen molar-refractivity contribution in [2.75, 3.05) is 0 Å². The first-order chi connectivity index (χ1) is 9.81. The van der Waals surface area contributed by atoms with Gasteiger partial charge in [-0.15, -0.1) is 0 Å². The van der Waals surface area contributed by atoms with Crippen LogP contribution < -0.4 is 4.72 Å². The third kappa shape index (κ3) is 3.46. The van der Waals surface area contributed by atoms with Crippen molar-refractivity contribution in [2.45, 2.75) is 17.9 Å². The zero-order valence-electron chi connectivity index (χ0n) is 10.9. The van der Waals surface area contributed by atoms with Crippen LogP contribution in [-0.4, -0.2) is 19.5 Å². The molecule has 0 aliphatic rings. The quantitative estimate of drug-likeness (QED) is 0.883. The number of benzene rings is 1. The second-order valence-corrected chi connectivity index (χ2v) is 6.84. The van der Waals surface area contributed by atoms with Crippen LogP contribution in [0.2, 0.25) is 0 Å². The zero-order chi connectivity index (χ0) is 15.6. The van der Waals surface area contributed by atoms with Crippen LogP contribution >= 0.6 is 11.3 Å². The van der Waals surface area contributed by atoms with E-state index in [1.54, 1.807) is 18.4 Å². The Hall–Kier alpha value is -1.77. The lowest BCUT2D eigenvalue weighted by Gasteiger charge is -2.13. The molecular weight excluding hydrogens is 317 g/mol. The molecule has 1 aromatic carbocycles. The van der Waals surface area contributed by atoms with Crippen LogP contribution in [0, 0.1) is 5.82 Å². The van der Waals surface area contributed by atoms with Crippen LogP contribution in [0.5, 0.6) is 0 Å². The highest BCUT2D eigenvalue weighted by atomic mass is 32.2. The van der Waals surface area contributed by atoms with E-state index in [-0.39, 0.29) is 4.90 Å². The number of rotatable bonds is 5. The van der Waals surface area contributed by atoms with Crippen LogP contribution in [0.4, 0.5) is 4.39 Å². The summed E-state index contributed by atoms with van der Waals surface area (Å²) in [6.45, 7) is 1.67. The van der Waals surface area contributed by atoms with E-state index < -0.39 is 33.4 Å². The summed E-state index contributed by atoms with van der Waals surface area (Å²) >= 11 is 1.44. The number of carbonyl (C=O) groups is 1. The van der Waals surface area contributed by atoms with E-state index in [1.165, 1.54) is 11.3 Å². The summed E-state index contributed by atoms with van der Waals surface area (Å²) in [5.41, 5.74) is 0.116. The molecule has 0 spiro atoms. The molecule has 1 aromatic heterocycles. The minimum atomic E-state index is -3.93. The van der Waals surface area contributed by atoms with Crippen LogP contribution in [-0.2, 0) is 10.0 Å². The third-order valence-electron chi connectivity index (χ3n) is 2.85. The van der Waals surface area contributed by atoms with Crippen molar-refractivity contribution in [1.29, 1.82) is 0 Å². The van der Waals surface area contributed by atoms with E-state index in [0.717, 1.165) is 23.8 Å². The van der Waals surface area contributed by atoms with Crippen molar-refractivity contribution >= 4 is 27.3 Å². The van der Waals surface area contributed by atoms with Gasteiger partial charge in [0.1, 0.15) is 5.82 Å². The second-order valence-electron chi connectivity index (χ2n) is 4.35. The predicted molar refractivity (Wildman–Crippen MR) is 76.4 cm³/mol. The van der Waals surface area contributed by atoms with E-state index in [4.69, 9.17) is 5.11 Å². The maximum Gasteiger partial charge on any atom is 0.338 e. The molecule has 0 aliphatic heterocycles. The molecule has 2 aromatic rings. The summed E-state index contributed by atoms with van der Waals surface area (Å²) in [5.74, 6) is -2.50. The largest absolute Gasteiger partial charge is 0.478 e. The Labute approximate surface area is 125 Å². The van der Waals surface area contributed by atoms with E-state index in [2.05, 4.69) is 4.72 Å². The lowest BCUT2D eigenvalue weighted by atomic mass is 10.2. The fraction of sp³-hybridized carbons (Fsp3) is 0.154. The molecule has 0 saturated carbocycles. The summed E-state index contributed by atoms with van der Waals surface area (Å²) in [4.78, 5) is 10.6. The number of carboxylic acids is 1. The minimum absolute atomic E-state index is 0.289. The number of thiophene rings is 1. The van der Waals surface area contributed by atoms with Crippen molar-refractivity contribution in [3.8, 4) is 0 Å². The number of aromatic carboxylic acids is 1. The number of nitrogens with one attached hydrogen (secondary N) is 1. The molecule has 0 aliphatic carbocycles. The molecule has 0 amide bonds. The summed E-state index contributed by atoms with van der Waals surface area (Å²) < 4.78 is 40.1. The Bertz CT molecular complexity index is 756. The Morgan fingerprint density at radius 3 is 2.67 bits per heavy atom. The Morgan fingerprint density at radius 2 is 2.10 bits per heavy atom. The van der Waals surface area contributed by atoms with E-state index in [1.807, 2.05) is 5.38 Å². The molecule has 0 bridgehead atoms. The summed E-state index contributed by atoms with van der Waals surface area (Å²) in [6.07, 6.45) is 0. The smallest absolute Gasteiger partial charge is 0.338 e. The first-order valence-corrected chi connectivity index (χ1v) is 8.31. The van der Waals surface area contributed by atoms with Gasteiger partial charge < -0.3 is 5.11 Å². The average molecular weight is 329 g/mol. The molecule has 8 heteroatoms. The fourth-order valence-electron chi connectivity index (χ4n) is 1.73. The minimum Gasteiger partial charge on any atom is -0.478 e. The van der Waals surface area contributed by atoms with Crippen molar-refractivity contribution < 1.29 is 22.7 Å². The van der Waals surface area contributed by atoms with E-state index in [9.17, 15) is 17.6 Å². The summed E-state index contributed by atoms with van der Waals surface area (Å²) in [6, 6.07) is 3.98. The monoisotopic (exact) mass is 329 g/mol. The molecule has 0 radical (unpaired) electrons. The molecule has 1 heterocycles. The lowest BCUT2D eigenvalue weighted by Crippen LogP contribution is -2.27. The van der Waals surface area contributed by atoms with Gasteiger partial charge in [-0.1, -0.05) is 0 Å². The van der Waals surface area contributed by atoms with Gasteiger partial charge in [0.05, 0.1) is 10.5 Å². The van der Waals surface area contributed by atoms with Gasteiger partial charge in [-0.3, -0.25) is 0 Å². The van der Waals surface area contributed by atoms with Gasteiger partial charge >= 0.3 is 5.97 Å². The highest BCUT2D eigenvalue weighted by Gasteiger charge is 2.21. The molecule has 2 rings (SSSR count). The number of hydrogen-bond acceptors (Lipinski definition) is 4. The maximum absolute atomic E-state index is 13.3. The fourth-order valence-corrected chi connectivity index (χ4v) is 3.74. The highest BCUT2D eigenvalue weighted by Crippen LogP contribution is 2.20. The first kappa shape index (κ1) is 15.6. The maximum atomic E-state index is 13.3. The van der Waals surface area contributed by atoms with Crippen LogP contribution in [0.15, 0.2) is 39.9 Å². The third-order valence-corrected chi connectivity index (χ3v) is 5.09. The number of sulfonamides is 1. The Balaban J connectivity index is 2.32. The van der Waals surface area contributed by atoms with Crippen molar-refractivity contribution in [1.82, 2.24) is 4.72 Å². The molecule has 1 unspecified atom stereocenters. The van der Waals surface area contributed by atoms with E-state index >= 15 is 0 Å². The molecule has 0 fully saturated rings. The molecule has 0 saturated heterocycles. The van der Waals surface area contributed by atoms with Gasteiger partial charge in [0.15, 0.2) is 0 Å². The van der Waals surface area contributed by atoms with Gasteiger partial charge in [0.25, 0.3) is 0 Å². The first-order valence-electron chi connectivity index (χ1n) is 5.88. The molecule has 112 valence electrons. The number of carboxylic acid groups (broad SMARTS) is 1. The predicted octanol–water partition coefficient (Wildman–Crippen LogP) is 2.62. The number of hydrogen-bond donors (Lipinski definition) is 2. The Kier molecular flexibility index (Phi) is 4.40. The van der Waals surface area contributed by atoms with Gasteiger partial charge in [-0.2, -0.15) is 11.3 Å². The van der Waals surface area contributed by atoms with Gasteiger partial charge in [-0.25, -0.2) is 22.3 Å². The van der Waals surface area contributed by atoms with Crippen molar-refractivity contribution in [3.05, 3.63) is 52.0 Å². The molecule has 5 nitrogen and oxygen atoms in total. The van der Waals surface area contributed by atoms with Crippen LogP contribution in [0.3, 0.4) is 0 Å². The van der Waals surface area contributed by atoms with Gasteiger partial charge in [0, 0.05) is 6.04 Å². The standard InChI is InChI=1S/C13H12FNO4S2/c1-8(9-4-5-20-7-9)15-21(18,19)10-2-3-12(14)11(6-10)13(16)17/h2-8,15H,1H3,(H,16,17). The highest BCUT2D eigenvalue weighted by molar-refractivity contribution is 7.89. The van der Waals surface area contributed by atoms with E-state index in [0.29, 0.717) is 0 Å². The van der Waals surface area contributed by atoms with Gasteiger partial charge in [0.2, 0.25) is 10.0 Å². The summed E-state index contributed by atoms with van der Waals surface area (Å²) in [5, 5.41) is 12.5. The SMILES string of the molecule is CC(NS(=O)(=O)c1ccc(F)c(C(=O)O)c1)c1ccsc1. The normalized spacial score (nSPS) is 13.0. The Morgan fingerprint density at radius 1 is 1.38 bits per heavy atom. The zero-order valence-corrected chi connectivity index (χ0v) is 12.5. The summed E-state index contributed by atoms with van der Waals surface area (Å²) in [7, 11) is -3.93. The van der Waals surface area contributed by atoms with Crippen LogP contribution in [0.25, 0.3) is 0 Å². The number of halogens is 1. The van der Waals surface area contributed by atoms with Gasteiger partial charge in [-0.05, 0) is 47.5 Å².